The number of anilines is 1. The number of rotatable bonds is 6. The molecule has 0 radical (unpaired) electrons. The largest absolute Gasteiger partial charge is 0.477 e. The van der Waals surface area contributed by atoms with Crippen LogP contribution >= 0.6 is 0 Å². The van der Waals surface area contributed by atoms with Crippen LogP contribution in [0.4, 0.5) is 28.9 Å². The minimum atomic E-state index is -4.40. The lowest BCUT2D eigenvalue weighted by Gasteiger charge is -2.16. The van der Waals surface area contributed by atoms with Gasteiger partial charge in [0, 0.05) is 0 Å². The average Bonchev–Trinajstić information content (AvgIpc) is 2.35. The van der Waals surface area contributed by atoms with Crippen molar-refractivity contribution in [1.82, 2.24) is 0 Å². The van der Waals surface area contributed by atoms with Crippen LogP contribution in [0.1, 0.15) is 10.4 Å². The van der Waals surface area contributed by atoms with Crippen LogP contribution in [0, 0.1) is 10.1 Å². The number of nitro groups is 1. The van der Waals surface area contributed by atoms with Gasteiger partial charge in [0.15, 0.2) is 0 Å². The Kier molecular flexibility index (Phi) is 4.48. The van der Waals surface area contributed by atoms with E-state index in [-0.39, 0.29) is 0 Å². The van der Waals surface area contributed by atoms with E-state index in [0.717, 1.165) is 18.2 Å². The third-order valence-corrected chi connectivity index (χ3v) is 2.28. The predicted octanol–water partition coefficient (Wildman–Crippen LogP) is 2.61. The molecule has 0 atom stereocenters. The van der Waals surface area contributed by atoms with Crippen LogP contribution in [0.15, 0.2) is 18.2 Å². The van der Waals surface area contributed by atoms with E-state index in [1.165, 1.54) is 0 Å². The third kappa shape index (κ3) is 3.33. The van der Waals surface area contributed by atoms with Crippen LogP contribution < -0.4 is 5.32 Å². The summed E-state index contributed by atoms with van der Waals surface area (Å²) in [6, 6.07) is 2.92. The number of halogens is 4. The number of carboxylic acids is 1. The number of hydrogen-bond donors (Lipinski definition) is 2. The molecule has 0 spiro atoms. The lowest BCUT2D eigenvalue weighted by Crippen LogP contribution is -2.35. The highest BCUT2D eigenvalue weighted by atomic mass is 19.3. The molecule has 1 aromatic carbocycles. The van der Waals surface area contributed by atoms with Crippen molar-refractivity contribution in [3.8, 4) is 0 Å². The summed E-state index contributed by atoms with van der Waals surface area (Å²) in [5.41, 5.74) is -2.28. The van der Waals surface area contributed by atoms with E-state index in [4.69, 9.17) is 5.11 Å². The fourth-order valence-electron chi connectivity index (χ4n) is 1.35. The van der Waals surface area contributed by atoms with E-state index < -0.39 is 46.7 Å². The van der Waals surface area contributed by atoms with Gasteiger partial charge in [-0.3, -0.25) is 10.1 Å². The Morgan fingerprint density at radius 3 is 2.50 bits per heavy atom. The summed E-state index contributed by atoms with van der Waals surface area (Å²) in [6.45, 7) is -1.56. The smallest absolute Gasteiger partial charge is 0.342 e. The molecule has 0 amide bonds. The molecular weight excluding hydrogens is 288 g/mol. The number of carboxylic acid groups (broad SMARTS) is 1. The van der Waals surface area contributed by atoms with Gasteiger partial charge in [-0.25, -0.2) is 13.6 Å². The Hall–Kier alpha value is -2.39. The van der Waals surface area contributed by atoms with Gasteiger partial charge in [0.25, 0.3) is 0 Å². The molecule has 0 saturated heterocycles. The molecule has 10 heteroatoms. The molecule has 0 fully saturated rings. The highest BCUT2D eigenvalue weighted by Gasteiger charge is 2.41. The Morgan fingerprint density at radius 2 is 2.05 bits per heavy atom. The van der Waals surface area contributed by atoms with E-state index >= 15 is 0 Å². The molecular formula is C10H8F4N2O4. The van der Waals surface area contributed by atoms with Crippen molar-refractivity contribution >= 4 is 17.3 Å². The van der Waals surface area contributed by atoms with Crippen molar-refractivity contribution in [1.29, 1.82) is 0 Å². The molecule has 0 saturated carbocycles. The average molecular weight is 296 g/mol. The standard InChI is InChI=1S/C10H8F4N2O4/c11-9(12)10(13,14)4-15-6-3-1-2-5(8(17)18)7(6)16(19)20/h1-3,9,15H,4H2,(H,17,18). The van der Waals surface area contributed by atoms with Crippen LogP contribution in [0.3, 0.4) is 0 Å². The van der Waals surface area contributed by atoms with Gasteiger partial charge in [-0.1, -0.05) is 6.07 Å². The van der Waals surface area contributed by atoms with E-state index in [0.29, 0.717) is 0 Å². The molecule has 0 bridgehead atoms. The number of nitrogens with one attached hydrogen (secondary N) is 1. The number of benzene rings is 1. The van der Waals surface area contributed by atoms with Crippen molar-refractivity contribution in [3.05, 3.63) is 33.9 Å². The zero-order chi connectivity index (χ0) is 15.5. The topological polar surface area (TPSA) is 92.5 Å². The van der Waals surface area contributed by atoms with Gasteiger partial charge >= 0.3 is 24.0 Å². The number of carbonyl (C=O) groups is 1. The van der Waals surface area contributed by atoms with E-state index in [1.54, 1.807) is 5.32 Å². The second-order valence-corrected chi connectivity index (χ2v) is 3.68. The quantitative estimate of drug-likeness (QED) is 0.478. The molecule has 2 N–H and O–H groups in total. The first-order valence-electron chi connectivity index (χ1n) is 5.07. The molecule has 0 aliphatic carbocycles. The van der Waals surface area contributed by atoms with Gasteiger partial charge < -0.3 is 10.4 Å². The summed E-state index contributed by atoms with van der Waals surface area (Å²) in [4.78, 5) is 20.5. The van der Waals surface area contributed by atoms with E-state index in [9.17, 15) is 32.5 Å². The second-order valence-electron chi connectivity index (χ2n) is 3.68. The van der Waals surface area contributed by atoms with Gasteiger partial charge in [0.05, 0.1) is 11.5 Å². The third-order valence-electron chi connectivity index (χ3n) is 2.28. The van der Waals surface area contributed by atoms with Crippen LogP contribution in [-0.2, 0) is 0 Å². The van der Waals surface area contributed by atoms with Crippen LogP contribution in [0.2, 0.25) is 0 Å². The maximum atomic E-state index is 12.7. The summed E-state index contributed by atoms with van der Waals surface area (Å²) in [6.07, 6.45) is -3.95. The van der Waals surface area contributed by atoms with Crippen molar-refractivity contribution in [2.75, 3.05) is 11.9 Å². The Labute approximate surface area is 109 Å². The minimum Gasteiger partial charge on any atom is -0.477 e. The lowest BCUT2D eigenvalue weighted by atomic mass is 10.1. The summed E-state index contributed by atoms with van der Waals surface area (Å²) >= 11 is 0. The van der Waals surface area contributed by atoms with E-state index in [1.807, 2.05) is 0 Å². The first-order chi connectivity index (χ1) is 9.16. The number of nitro benzene ring substituents is 1. The molecule has 0 aliphatic rings. The number of alkyl halides is 4. The second kappa shape index (κ2) is 5.72. The summed E-state index contributed by atoms with van der Waals surface area (Å²) in [7, 11) is 0. The fraction of sp³-hybridized carbons (Fsp3) is 0.300. The van der Waals surface area contributed by atoms with Gasteiger partial charge in [-0.2, -0.15) is 8.78 Å². The fourth-order valence-corrected chi connectivity index (χ4v) is 1.35. The first kappa shape index (κ1) is 15.7. The zero-order valence-electron chi connectivity index (χ0n) is 9.65. The first-order valence-corrected chi connectivity index (χ1v) is 5.07. The number of nitrogens with zero attached hydrogens (tertiary/aromatic N) is 1. The van der Waals surface area contributed by atoms with Crippen LogP contribution in [-0.4, -0.2) is 34.9 Å². The van der Waals surface area contributed by atoms with Crippen molar-refractivity contribution in [3.63, 3.8) is 0 Å². The van der Waals surface area contributed by atoms with Gasteiger partial charge in [0.2, 0.25) is 0 Å². The Bertz CT molecular complexity index is 536. The monoisotopic (exact) mass is 296 g/mol. The SMILES string of the molecule is O=C(O)c1cccc(NCC(F)(F)C(F)F)c1[N+](=O)[O-]. The van der Waals surface area contributed by atoms with Crippen LogP contribution in [0.25, 0.3) is 0 Å². The maximum absolute atomic E-state index is 12.7. The van der Waals surface area contributed by atoms with Crippen molar-refractivity contribution in [2.45, 2.75) is 12.3 Å². The van der Waals surface area contributed by atoms with Crippen LogP contribution in [0.5, 0.6) is 0 Å². The molecule has 110 valence electrons. The molecule has 0 heterocycles. The highest BCUT2D eigenvalue weighted by Crippen LogP contribution is 2.30. The Morgan fingerprint density at radius 1 is 1.45 bits per heavy atom. The highest BCUT2D eigenvalue weighted by molar-refractivity contribution is 5.95. The molecule has 0 aliphatic heterocycles. The number of hydrogen-bond acceptors (Lipinski definition) is 4. The summed E-state index contributed by atoms with van der Waals surface area (Å²) < 4.78 is 49.4. The number of aromatic carboxylic acids is 1. The molecule has 0 aromatic heterocycles. The molecule has 20 heavy (non-hydrogen) atoms. The molecule has 6 nitrogen and oxygen atoms in total. The van der Waals surface area contributed by atoms with Gasteiger partial charge in [-0.05, 0) is 12.1 Å². The molecule has 1 aromatic rings. The molecule has 1 rings (SSSR count). The summed E-state index contributed by atoms with van der Waals surface area (Å²) in [5, 5.41) is 21.3. The lowest BCUT2D eigenvalue weighted by molar-refractivity contribution is -0.384. The van der Waals surface area contributed by atoms with Gasteiger partial charge in [0.1, 0.15) is 11.3 Å². The predicted molar refractivity (Wildman–Crippen MR) is 59.5 cm³/mol. The van der Waals surface area contributed by atoms with Crippen molar-refractivity contribution in [2.24, 2.45) is 0 Å². The summed E-state index contributed by atoms with van der Waals surface area (Å²) in [5.74, 6) is -6.03. The minimum absolute atomic E-state index is 0.574. The van der Waals surface area contributed by atoms with E-state index in [2.05, 4.69) is 0 Å². The van der Waals surface area contributed by atoms with Crippen molar-refractivity contribution < 1.29 is 32.4 Å². The zero-order valence-corrected chi connectivity index (χ0v) is 9.65. The molecule has 0 unspecified atom stereocenters. The number of para-hydroxylation sites is 1. The maximum Gasteiger partial charge on any atom is 0.342 e. The Balaban J connectivity index is 3.10. The normalized spacial score (nSPS) is 11.4. The van der Waals surface area contributed by atoms with Gasteiger partial charge in [-0.15, -0.1) is 0 Å².